The molecule has 0 saturated heterocycles. The Hall–Kier alpha value is -3.22. The standard InChI is InChI=1S/C24H25ClF3N3O5S/c1-5-17(8-6-15(2)35-24(26,27)28)37-21-22(33)31(11-10-30-21)16-7-9-19(18(25)12-16)34-14-23(3,4)36-20(32)13-29/h5-12H,2,13-14,29H2,1,3-4H3/b8-6-,17-5+. The van der Waals surface area contributed by atoms with Gasteiger partial charge in [0.1, 0.15) is 23.7 Å². The zero-order chi connectivity index (χ0) is 27.8. The molecule has 0 atom stereocenters. The van der Waals surface area contributed by atoms with Crippen molar-refractivity contribution in [2.45, 2.75) is 37.8 Å². The van der Waals surface area contributed by atoms with Crippen LogP contribution in [-0.2, 0) is 14.3 Å². The normalized spacial score (nSPS) is 12.5. The highest BCUT2D eigenvalue weighted by molar-refractivity contribution is 8.03. The lowest BCUT2D eigenvalue weighted by molar-refractivity contribution is -0.303. The van der Waals surface area contributed by atoms with E-state index in [1.165, 1.54) is 29.1 Å². The van der Waals surface area contributed by atoms with Crippen molar-refractivity contribution in [1.29, 1.82) is 0 Å². The fourth-order valence-electron chi connectivity index (χ4n) is 2.71. The maximum atomic E-state index is 13.0. The number of benzene rings is 1. The van der Waals surface area contributed by atoms with Gasteiger partial charge in [-0.1, -0.05) is 36.0 Å². The monoisotopic (exact) mass is 559 g/mol. The van der Waals surface area contributed by atoms with Crippen LogP contribution in [0.25, 0.3) is 5.69 Å². The molecule has 200 valence electrons. The molecule has 0 fully saturated rings. The molecule has 1 heterocycles. The third-order valence-corrected chi connectivity index (χ3v) is 5.69. The van der Waals surface area contributed by atoms with Crippen molar-refractivity contribution in [2.24, 2.45) is 5.73 Å². The quantitative estimate of drug-likeness (QED) is 0.174. The average molecular weight is 560 g/mol. The molecule has 0 spiro atoms. The van der Waals surface area contributed by atoms with Gasteiger partial charge in [0.05, 0.1) is 17.3 Å². The second-order valence-corrected chi connectivity index (χ2v) is 9.36. The van der Waals surface area contributed by atoms with Crippen molar-refractivity contribution in [2.75, 3.05) is 13.2 Å². The first kappa shape index (κ1) is 30.0. The Labute approximate surface area is 220 Å². The highest BCUT2D eigenvalue weighted by Crippen LogP contribution is 2.29. The Kier molecular flexibility index (Phi) is 10.4. The van der Waals surface area contributed by atoms with Crippen molar-refractivity contribution in [3.63, 3.8) is 0 Å². The van der Waals surface area contributed by atoms with Gasteiger partial charge in [-0.05, 0) is 51.1 Å². The van der Waals surface area contributed by atoms with Gasteiger partial charge in [0.25, 0.3) is 5.56 Å². The van der Waals surface area contributed by atoms with E-state index >= 15 is 0 Å². The third-order valence-electron chi connectivity index (χ3n) is 4.31. The predicted octanol–water partition coefficient (Wildman–Crippen LogP) is 5.15. The van der Waals surface area contributed by atoms with E-state index in [1.807, 2.05) is 0 Å². The van der Waals surface area contributed by atoms with Crippen molar-refractivity contribution in [3.05, 3.63) is 81.4 Å². The maximum Gasteiger partial charge on any atom is 0.573 e. The van der Waals surface area contributed by atoms with Crippen LogP contribution in [0.15, 0.2) is 75.9 Å². The van der Waals surface area contributed by atoms with E-state index in [0.29, 0.717) is 16.3 Å². The number of carbonyl (C=O) groups is 1. The summed E-state index contributed by atoms with van der Waals surface area (Å²) >= 11 is 7.30. The van der Waals surface area contributed by atoms with Gasteiger partial charge in [-0.25, -0.2) is 4.98 Å². The second-order valence-electron chi connectivity index (χ2n) is 7.89. The van der Waals surface area contributed by atoms with E-state index in [0.717, 1.165) is 17.8 Å². The molecule has 0 amide bonds. The molecule has 0 saturated carbocycles. The lowest BCUT2D eigenvalue weighted by Gasteiger charge is -2.25. The summed E-state index contributed by atoms with van der Waals surface area (Å²) < 4.78 is 52.8. The first-order valence-corrected chi connectivity index (χ1v) is 11.8. The molecule has 0 bridgehead atoms. The highest BCUT2D eigenvalue weighted by Gasteiger charge is 2.31. The highest BCUT2D eigenvalue weighted by atomic mass is 35.5. The molecule has 0 aliphatic heterocycles. The van der Waals surface area contributed by atoms with Crippen LogP contribution in [0, 0.1) is 0 Å². The SMILES string of the molecule is C=C(/C=C\C(=C/C)Sc1nccn(-c2ccc(OCC(C)(C)OC(=O)CN)c(Cl)c2)c1=O)OC(F)(F)F. The van der Waals surface area contributed by atoms with Crippen molar-refractivity contribution in [1.82, 2.24) is 9.55 Å². The molecule has 0 radical (unpaired) electrons. The molecule has 1 aromatic heterocycles. The summed E-state index contributed by atoms with van der Waals surface area (Å²) in [6, 6.07) is 4.68. The largest absolute Gasteiger partial charge is 0.573 e. The van der Waals surface area contributed by atoms with Gasteiger partial charge in [0.2, 0.25) is 0 Å². The summed E-state index contributed by atoms with van der Waals surface area (Å²) in [5.74, 6) is -0.873. The number of esters is 1. The van der Waals surface area contributed by atoms with Crippen LogP contribution in [-0.4, -0.2) is 40.6 Å². The Morgan fingerprint density at radius 3 is 2.57 bits per heavy atom. The number of halogens is 4. The van der Waals surface area contributed by atoms with E-state index < -0.39 is 29.3 Å². The number of thioether (sulfide) groups is 1. The summed E-state index contributed by atoms with van der Waals surface area (Å²) in [4.78, 5) is 29.0. The Bertz CT molecular complexity index is 1260. The molecule has 0 aliphatic rings. The van der Waals surface area contributed by atoms with Crippen molar-refractivity contribution in [3.8, 4) is 11.4 Å². The van der Waals surface area contributed by atoms with Crippen LogP contribution in [0.4, 0.5) is 13.2 Å². The number of allylic oxidation sites excluding steroid dienone is 3. The minimum absolute atomic E-state index is 0.00782. The summed E-state index contributed by atoms with van der Waals surface area (Å²) in [7, 11) is 0. The van der Waals surface area contributed by atoms with Crippen LogP contribution in [0.2, 0.25) is 5.02 Å². The summed E-state index contributed by atoms with van der Waals surface area (Å²) in [6.07, 6.45) is 1.95. The Morgan fingerprint density at radius 1 is 1.27 bits per heavy atom. The molecule has 0 unspecified atom stereocenters. The van der Waals surface area contributed by atoms with Crippen LogP contribution in [0.3, 0.4) is 0 Å². The van der Waals surface area contributed by atoms with Crippen LogP contribution in [0.5, 0.6) is 5.75 Å². The summed E-state index contributed by atoms with van der Waals surface area (Å²) in [6.45, 7) is 7.91. The van der Waals surface area contributed by atoms with E-state index in [-0.39, 0.29) is 23.2 Å². The molecule has 37 heavy (non-hydrogen) atoms. The number of nitrogens with two attached hydrogens (primary N) is 1. The predicted molar refractivity (Wildman–Crippen MR) is 135 cm³/mol. The van der Waals surface area contributed by atoms with E-state index in [2.05, 4.69) is 16.3 Å². The number of hydrogen-bond donors (Lipinski definition) is 1. The minimum Gasteiger partial charge on any atom is -0.488 e. The van der Waals surface area contributed by atoms with Gasteiger partial charge in [0, 0.05) is 17.3 Å². The first-order chi connectivity index (χ1) is 17.2. The molecule has 2 rings (SSSR count). The summed E-state index contributed by atoms with van der Waals surface area (Å²) in [5, 5.41) is 0.277. The fraction of sp³-hybridized carbons (Fsp3) is 0.292. The molecular formula is C24H25ClF3N3O5S. The van der Waals surface area contributed by atoms with E-state index in [9.17, 15) is 22.8 Å². The number of aromatic nitrogens is 2. The van der Waals surface area contributed by atoms with Crippen LogP contribution in [0.1, 0.15) is 20.8 Å². The van der Waals surface area contributed by atoms with Crippen molar-refractivity contribution >= 4 is 29.3 Å². The maximum absolute atomic E-state index is 13.0. The average Bonchev–Trinajstić information content (AvgIpc) is 2.80. The number of rotatable bonds is 11. The molecular weight excluding hydrogens is 535 g/mol. The Morgan fingerprint density at radius 2 is 1.97 bits per heavy atom. The zero-order valence-electron chi connectivity index (χ0n) is 20.2. The molecule has 8 nitrogen and oxygen atoms in total. The number of ether oxygens (including phenoxy) is 3. The van der Waals surface area contributed by atoms with E-state index in [4.69, 9.17) is 26.8 Å². The van der Waals surface area contributed by atoms with Crippen LogP contribution < -0.4 is 16.0 Å². The van der Waals surface area contributed by atoms with Gasteiger partial charge in [-0.3, -0.25) is 14.2 Å². The number of nitrogens with zero attached hydrogens (tertiary/aromatic N) is 2. The van der Waals surface area contributed by atoms with Crippen LogP contribution >= 0.6 is 23.4 Å². The topological polar surface area (TPSA) is 106 Å². The van der Waals surface area contributed by atoms with Gasteiger partial charge >= 0.3 is 12.3 Å². The molecule has 13 heteroatoms. The smallest absolute Gasteiger partial charge is 0.488 e. The molecule has 1 aromatic carbocycles. The van der Waals surface area contributed by atoms with Gasteiger partial charge in [-0.2, -0.15) is 0 Å². The van der Waals surface area contributed by atoms with Gasteiger partial charge in [0.15, 0.2) is 5.03 Å². The minimum atomic E-state index is -4.85. The second kappa shape index (κ2) is 12.8. The van der Waals surface area contributed by atoms with Crippen molar-refractivity contribution < 1.29 is 32.2 Å². The lowest BCUT2D eigenvalue weighted by Crippen LogP contribution is -2.37. The zero-order valence-corrected chi connectivity index (χ0v) is 21.7. The number of hydrogen-bond acceptors (Lipinski definition) is 8. The first-order valence-electron chi connectivity index (χ1n) is 10.6. The van der Waals surface area contributed by atoms with Gasteiger partial charge < -0.3 is 19.9 Å². The third kappa shape index (κ3) is 9.63. The number of carbonyl (C=O) groups excluding carboxylic acids is 1. The Balaban J connectivity index is 2.19. The number of alkyl halides is 3. The molecule has 2 aromatic rings. The molecule has 0 aliphatic carbocycles. The van der Waals surface area contributed by atoms with Gasteiger partial charge in [-0.15, -0.1) is 13.2 Å². The molecule has 2 N–H and O–H groups in total. The van der Waals surface area contributed by atoms with E-state index in [1.54, 1.807) is 39.0 Å². The summed E-state index contributed by atoms with van der Waals surface area (Å²) in [5.41, 5.74) is 4.26. The lowest BCUT2D eigenvalue weighted by atomic mass is 10.1. The fourth-order valence-corrected chi connectivity index (χ4v) is 3.72.